The molecule has 0 spiro atoms. The van der Waals surface area contributed by atoms with Crippen LogP contribution in [0.5, 0.6) is 5.75 Å². The minimum absolute atomic E-state index is 0.219. The van der Waals surface area contributed by atoms with E-state index in [1.807, 2.05) is 18.2 Å². The van der Waals surface area contributed by atoms with Crippen molar-refractivity contribution in [1.29, 1.82) is 0 Å². The Bertz CT molecular complexity index is 625. The van der Waals surface area contributed by atoms with Crippen molar-refractivity contribution < 1.29 is 9.13 Å². The molecule has 1 fully saturated rings. The van der Waals surface area contributed by atoms with Crippen molar-refractivity contribution in [3.05, 3.63) is 58.3 Å². The van der Waals surface area contributed by atoms with Crippen molar-refractivity contribution in [2.75, 3.05) is 12.4 Å². The lowest BCUT2D eigenvalue weighted by molar-refractivity contribution is 0.414. The molecule has 1 saturated carbocycles. The van der Waals surface area contributed by atoms with Gasteiger partial charge in [0, 0.05) is 5.69 Å². The fraction of sp³-hybridized carbons (Fsp3) is 0.294. The second kappa shape index (κ2) is 6.06. The summed E-state index contributed by atoms with van der Waals surface area (Å²) in [5, 5.41) is 3.46. The van der Waals surface area contributed by atoms with Crippen LogP contribution in [-0.4, -0.2) is 7.11 Å². The van der Waals surface area contributed by atoms with Gasteiger partial charge in [0.1, 0.15) is 11.6 Å². The van der Waals surface area contributed by atoms with E-state index in [-0.39, 0.29) is 11.9 Å². The van der Waals surface area contributed by atoms with Gasteiger partial charge in [-0.05, 0) is 70.6 Å². The predicted octanol–water partition coefficient (Wildman–Crippen LogP) is 5.16. The summed E-state index contributed by atoms with van der Waals surface area (Å²) in [6, 6.07) is 13.5. The van der Waals surface area contributed by atoms with E-state index in [0.29, 0.717) is 10.4 Å². The van der Waals surface area contributed by atoms with Crippen LogP contribution in [0, 0.1) is 11.7 Å². The smallest absolute Gasteiger partial charge is 0.139 e. The summed E-state index contributed by atoms with van der Waals surface area (Å²) < 4.78 is 19.3. The van der Waals surface area contributed by atoms with Crippen LogP contribution in [0.1, 0.15) is 24.4 Å². The molecule has 0 saturated heterocycles. The summed E-state index contributed by atoms with van der Waals surface area (Å²) in [6.07, 6.45) is 2.42. The Morgan fingerprint density at radius 2 is 1.90 bits per heavy atom. The molecule has 1 aliphatic carbocycles. The topological polar surface area (TPSA) is 21.3 Å². The molecule has 0 aliphatic heterocycles. The second-order valence-electron chi connectivity index (χ2n) is 5.36. The molecule has 0 bridgehead atoms. The highest BCUT2D eigenvalue weighted by molar-refractivity contribution is 9.10. The van der Waals surface area contributed by atoms with Crippen LogP contribution in [-0.2, 0) is 0 Å². The zero-order valence-electron chi connectivity index (χ0n) is 11.8. The number of hydrogen-bond donors (Lipinski definition) is 1. The molecule has 2 aromatic rings. The predicted molar refractivity (Wildman–Crippen MR) is 86.2 cm³/mol. The zero-order chi connectivity index (χ0) is 14.8. The molecule has 3 rings (SSSR count). The second-order valence-corrected chi connectivity index (χ2v) is 6.22. The Kier molecular flexibility index (Phi) is 4.15. The summed E-state index contributed by atoms with van der Waals surface area (Å²) >= 11 is 3.18. The Morgan fingerprint density at radius 1 is 1.19 bits per heavy atom. The van der Waals surface area contributed by atoms with Crippen molar-refractivity contribution in [2.24, 2.45) is 5.92 Å². The number of benzene rings is 2. The zero-order valence-corrected chi connectivity index (χ0v) is 13.4. The van der Waals surface area contributed by atoms with E-state index in [2.05, 4.69) is 33.4 Å². The Balaban J connectivity index is 1.82. The van der Waals surface area contributed by atoms with Crippen LogP contribution >= 0.6 is 15.9 Å². The van der Waals surface area contributed by atoms with Gasteiger partial charge in [0.25, 0.3) is 0 Å². The average Bonchev–Trinajstić information content (AvgIpc) is 3.33. The van der Waals surface area contributed by atoms with Crippen molar-refractivity contribution >= 4 is 21.6 Å². The van der Waals surface area contributed by atoms with Crippen molar-refractivity contribution in [3.63, 3.8) is 0 Å². The number of hydrogen-bond acceptors (Lipinski definition) is 2. The summed E-state index contributed by atoms with van der Waals surface area (Å²) in [5.41, 5.74) is 2.02. The molecule has 1 aliphatic rings. The quantitative estimate of drug-likeness (QED) is 0.804. The van der Waals surface area contributed by atoms with Crippen molar-refractivity contribution in [2.45, 2.75) is 18.9 Å². The van der Waals surface area contributed by atoms with Crippen LogP contribution in [0.3, 0.4) is 0 Å². The largest absolute Gasteiger partial charge is 0.497 e. The van der Waals surface area contributed by atoms with E-state index in [1.54, 1.807) is 13.2 Å². The first kappa shape index (κ1) is 14.4. The first-order chi connectivity index (χ1) is 10.2. The third-order valence-electron chi connectivity index (χ3n) is 3.81. The van der Waals surface area contributed by atoms with Crippen LogP contribution in [0.25, 0.3) is 0 Å². The minimum Gasteiger partial charge on any atom is -0.497 e. The molecule has 110 valence electrons. The third-order valence-corrected chi connectivity index (χ3v) is 4.45. The highest BCUT2D eigenvalue weighted by Gasteiger charge is 2.32. The molecule has 2 nitrogen and oxygen atoms in total. The van der Waals surface area contributed by atoms with Crippen molar-refractivity contribution in [1.82, 2.24) is 0 Å². The Hall–Kier alpha value is -1.55. The van der Waals surface area contributed by atoms with E-state index in [4.69, 9.17) is 4.74 Å². The number of halogens is 2. The van der Waals surface area contributed by atoms with Crippen LogP contribution < -0.4 is 10.1 Å². The molecule has 1 N–H and O–H groups in total. The maximum Gasteiger partial charge on any atom is 0.139 e. The van der Waals surface area contributed by atoms with Gasteiger partial charge in [0.05, 0.1) is 17.6 Å². The SMILES string of the molecule is COc1ccc(C(Nc2ccc(Br)c(F)c2)C2CC2)cc1. The normalized spacial score (nSPS) is 15.6. The molecule has 1 atom stereocenters. The van der Waals surface area contributed by atoms with E-state index < -0.39 is 0 Å². The molecule has 0 radical (unpaired) electrons. The molecule has 0 aromatic heterocycles. The van der Waals surface area contributed by atoms with Gasteiger partial charge >= 0.3 is 0 Å². The van der Waals surface area contributed by atoms with E-state index in [1.165, 1.54) is 24.5 Å². The number of anilines is 1. The molecule has 0 amide bonds. The van der Waals surface area contributed by atoms with Gasteiger partial charge < -0.3 is 10.1 Å². The number of rotatable bonds is 5. The van der Waals surface area contributed by atoms with Crippen LogP contribution in [0.4, 0.5) is 10.1 Å². The summed E-state index contributed by atoms with van der Waals surface area (Å²) in [5.74, 6) is 1.22. The monoisotopic (exact) mass is 349 g/mol. The van der Waals surface area contributed by atoms with E-state index in [9.17, 15) is 4.39 Å². The highest BCUT2D eigenvalue weighted by atomic mass is 79.9. The molecular weight excluding hydrogens is 333 g/mol. The summed E-state index contributed by atoms with van der Waals surface area (Å²) in [6.45, 7) is 0. The third kappa shape index (κ3) is 3.38. The first-order valence-electron chi connectivity index (χ1n) is 7.03. The fourth-order valence-electron chi connectivity index (χ4n) is 2.48. The Morgan fingerprint density at radius 3 is 2.48 bits per heavy atom. The number of methoxy groups -OCH3 is 1. The lowest BCUT2D eigenvalue weighted by Gasteiger charge is -2.20. The lowest BCUT2D eigenvalue weighted by Crippen LogP contribution is -2.13. The minimum atomic E-state index is -0.246. The fourth-order valence-corrected chi connectivity index (χ4v) is 2.73. The van der Waals surface area contributed by atoms with Gasteiger partial charge in [-0.25, -0.2) is 4.39 Å². The van der Waals surface area contributed by atoms with Gasteiger partial charge in [0.2, 0.25) is 0 Å². The molecular formula is C17H17BrFNO. The van der Waals surface area contributed by atoms with Crippen molar-refractivity contribution in [3.8, 4) is 5.75 Å². The van der Waals surface area contributed by atoms with Gasteiger partial charge in [-0.1, -0.05) is 12.1 Å². The molecule has 4 heteroatoms. The van der Waals surface area contributed by atoms with Crippen LogP contribution in [0.2, 0.25) is 0 Å². The van der Waals surface area contributed by atoms with Gasteiger partial charge in [-0.15, -0.1) is 0 Å². The molecule has 2 aromatic carbocycles. The highest BCUT2D eigenvalue weighted by Crippen LogP contribution is 2.43. The van der Waals surface area contributed by atoms with E-state index >= 15 is 0 Å². The maximum absolute atomic E-state index is 13.6. The molecule has 21 heavy (non-hydrogen) atoms. The number of ether oxygens (including phenoxy) is 1. The van der Waals surface area contributed by atoms with Crippen LogP contribution in [0.15, 0.2) is 46.9 Å². The van der Waals surface area contributed by atoms with E-state index in [0.717, 1.165) is 11.4 Å². The maximum atomic E-state index is 13.6. The molecule has 1 unspecified atom stereocenters. The summed E-state index contributed by atoms with van der Waals surface area (Å²) in [4.78, 5) is 0. The molecule has 0 heterocycles. The first-order valence-corrected chi connectivity index (χ1v) is 7.82. The lowest BCUT2D eigenvalue weighted by atomic mass is 10.0. The average molecular weight is 350 g/mol. The summed E-state index contributed by atoms with van der Waals surface area (Å²) in [7, 11) is 1.66. The van der Waals surface area contributed by atoms with Gasteiger partial charge in [-0.2, -0.15) is 0 Å². The van der Waals surface area contributed by atoms with Gasteiger partial charge in [-0.3, -0.25) is 0 Å². The number of nitrogens with one attached hydrogen (secondary N) is 1. The standard InChI is InChI=1S/C17H17BrFNO/c1-21-14-7-4-12(5-8-14)17(11-2-3-11)20-13-6-9-15(18)16(19)10-13/h4-11,17,20H,2-3H2,1H3. The Labute approximate surface area is 132 Å². The van der Waals surface area contributed by atoms with Gasteiger partial charge in [0.15, 0.2) is 0 Å².